The molecule has 0 spiro atoms. The molecule has 3 N–H and O–H groups in total. The van der Waals surface area contributed by atoms with Crippen molar-refractivity contribution in [2.45, 2.75) is 6.92 Å². The molecular weight excluding hydrogens is 116 g/mol. The zero-order chi connectivity index (χ0) is 7.11. The molecular formula is C6H12N2O. The van der Waals surface area contributed by atoms with Gasteiger partial charge in [-0.25, -0.2) is 0 Å². The lowest BCUT2D eigenvalue weighted by molar-refractivity contribution is -0.116. The number of amides is 1. The van der Waals surface area contributed by atoms with Gasteiger partial charge in [0.1, 0.15) is 0 Å². The molecule has 0 aromatic rings. The van der Waals surface area contributed by atoms with Crippen LogP contribution in [0.25, 0.3) is 0 Å². The van der Waals surface area contributed by atoms with Gasteiger partial charge in [0.25, 0.3) is 0 Å². The van der Waals surface area contributed by atoms with Gasteiger partial charge in [-0.1, -0.05) is 6.08 Å². The average molecular weight is 128 g/mol. The summed E-state index contributed by atoms with van der Waals surface area (Å²) < 4.78 is 0. The molecule has 0 heterocycles. The first-order valence-electron chi connectivity index (χ1n) is 2.92. The molecule has 3 heteroatoms. The first-order chi connectivity index (χ1) is 4.31. The number of carbonyl (C=O) groups is 1. The molecule has 3 nitrogen and oxygen atoms in total. The number of nitrogens with two attached hydrogens (primary N) is 1. The van der Waals surface area contributed by atoms with Crippen LogP contribution in [0.3, 0.4) is 0 Å². The molecule has 9 heavy (non-hydrogen) atoms. The molecule has 0 unspecified atom stereocenters. The summed E-state index contributed by atoms with van der Waals surface area (Å²) in [5.41, 5.74) is 5.13. The van der Waals surface area contributed by atoms with Gasteiger partial charge in [0.05, 0.1) is 0 Å². The maximum Gasteiger partial charge on any atom is 0.243 e. The Morgan fingerprint density at radius 3 is 2.89 bits per heavy atom. The summed E-state index contributed by atoms with van der Waals surface area (Å²) in [6.45, 7) is 2.83. The lowest BCUT2D eigenvalue weighted by Gasteiger charge is -1.95. The maximum atomic E-state index is 10.5. The van der Waals surface area contributed by atoms with Gasteiger partial charge in [-0.05, 0) is 13.0 Å². The largest absolute Gasteiger partial charge is 0.351 e. The highest BCUT2D eigenvalue weighted by Gasteiger charge is 1.88. The van der Waals surface area contributed by atoms with Crippen LogP contribution in [0.4, 0.5) is 0 Å². The molecule has 0 fully saturated rings. The van der Waals surface area contributed by atoms with E-state index in [1.165, 1.54) is 6.08 Å². The molecule has 0 saturated carbocycles. The van der Waals surface area contributed by atoms with Gasteiger partial charge in [0.2, 0.25) is 5.91 Å². The number of carbonyl (C=O) groups excluding carboxylic acids is 1. The third-order valence-electron chi connectivity index (χ3n) is 0.762. The monoisotopic (exact) mass is 128 g/mol. The normalized spacial score (nSPS) is 10.0. The SMILES string of the molecule is CC=CC(=O)NCCN. The summed E-state index contributed by atoms with van der Waals surface area (Å²) in [5, 5.41) is 2.58. The molecule has 1 amide bonds. The Labute approximate surface area is 54.9 Å². The van der Waals surface area contributed by atoms with Gasteiger partial charge >= 0.3 is 0 Å². The summed E-state index contributed by atoms with van der Waals surface area (Å²) in [7, 11) is 0. The molecule has 0 aliphatic heterocycles. The molecule has 0 rings (SSSR count). The van der Waals surface area contributed by atoms with Crippen LogP contribution in [-0.4, -0.2) is 19.0 Å². The van der Waals surface area contributed by atoms with Crippen molar-refractivity contribution in [3.63, 3.8) is 0 Å². The molecule has 0 aromatic carbocycles. The summed E-state index contributed by atoms with van der Waals surface area (Å²) in [6.07, 6.45) is 3.15. The fourth-order valence-corrected chi connectivity index (χ4v) is 0.406. The summed E-state index contributed by atoms with van der Waals surface area (Å²) >= 11 is 0. The lowest BCUT2D eigenvalue weighted by atomic mass is 10.5. The third kappa shape index (κ3) is 5.03. The molecule has 0 saturated heterocycles. The molecule has 0 aromatic heterocycles. The van der Waals surface area contributed by atoms with Gasteiger partial charge in [0, 0.05) is 13.1 Å². The topological polar surface area (TPSA) is 55.1 Å². The Kier molecular flexibility index (Phi) is 4.82. The van der Waals surface area contributed by atoms with E-state index in [4.69, 9.17) is 5.73 Å². The van der Waals surface area contributed by atoms with E-state index in [0.29, 0.717) is 13.1 Å². The minimum absolute atomic E-state index is 0.0806. The smallest absolute Gasteiger partial charge is 0.243 e. The van der Waals surface area contributed by atoms with Crippen LogP contribution in [0.1, 0.15) is 6.92 Å². The molecule has 0 bridgehead atoms. The van der Waals surface area contributed by atoms with E-state index < -0.39 is 0 Å². The summed E-state index contributed by atoms with van der Waals surface area (Å²) in [6, 6.07) is 0. The zero-order valence-electron chi connectivity index (χ0n) is 5.55. The van der Waals surface area contributed by atoms with Crippen molar-refractivity contribution in [2.75, 3.05) is 13.1 Å². The van der Waals surface area contributed by atoms with E-state index in [0.717, 1.165) is 0 Å². The second-order valence-corrected chi connectivity index (χ2v) is 1.58. The fraction of sp³-hybridized carbons (Fsp3) is 0.500. The van der Waals surface area contributed by atoms with E-state index in [1.807, 2.05) is 0 Å². The number of rotatable bonds is 3. The van der Waals surface area contributed by atoms with Crippen LogP contribution in [0, 0.1) is 0 Å². The Balaban J connectivity index is 3.27. The molecule has 0 aliphatic rings. The van der Waals surface area contributed by atoms with Crippen molar-refractivity contribution in [2.24, 2.45) is 5.73 Å². The van der Waals surface area contributed by atoms with E-state index in [9.17, 15) is 4.79 Å². The Bertz CT molecular complexity index is 110. The molecule has 0 atom stereocenters. The van der Waals surface area contributed by atoms with Crippen LogP contribution in [0.5, 0.6) is 0 Å². The zero-order valence-corrected chi connectivity index (χ0v) is 5.55. The number of allylic oxidation sites excluding steroid dienone is 1. The average Bonchev–Trinajstić information content (AvgIpc) is 1.85. The van der Waals surface area contributed by atoms with E-state index in [1.54, 1.807) is 13.0 Å². The van der Waals surface area contributed by atoms with Crippen LogP contribution >= 0.6 is 0 Å². The number of nitrogens with one attached hydrogen (secondary N) is 1. The van der Waals surface area contributed by atoms with Crippen LogP contribution in [0.15, 0.2) is 12.2 Å². The quantitative estimate of drug-likeness (QED) is 0.510. The van der Waals surface area contributed by atoms with Crippen molar-refractivity contribution in [1.82, 2.24) is 5.32 Å². The second kappa shape index (κ2) is 5.31. The molecule has 0 aliphatic carbocycles. The summed E-state index contributed by atoms with van der Waals surface area (Å²) in [4.78, 5) is 10.5. The minimum Gasteiger partial charge on any atom is -0.351 e. The van der Waals surface area contributed by atoms with E-state index in [-0.39, 0.29) is 5.91 Å². The minimum atomic E-state index is -0.0806. The first-order valence-corrected chi connectivity index (χ1v) is 2.92. The van der Waals surface area contributed by atoms with Crippen molar-refractivity contribution < 1.29 is 4.79 Å². The highest BCUT2D eigenvalue weighted by atomic mass is 16.1. The van der Waals surface area contributed by atoms with Gasteiger partial charge < -0.3 is 11.1 Å². The predicted octanol–water partition coefficient (Wildman–Crippen LogP) is -0.363. The van der Waals surface area contributed by atoms with Crippen molar-refractivity contribution in [1.29, 1.82) is 0 Å². The third-order valence-corrected chi connectivity index (χ3v) is 0.762. The van der Waals surface area contributed by atoms with Crippen molar-refractivity contribution >= 4 is 5.91 Å². The van der Waals surface area contributed by atoms with E-state index in [2.05, 4.69) is 5.32 Å². The van der Waals surface area contributed by atoms with Crippen LogP contribution < -0.4 is 11.1 Å². The highest BCUT2D eigenvalue weighted by Crippen LogP contribution is 1.68. The van der Waals surface area contributed by atoms with Crippen molar-refractivity contribution in [3.8, 4) is 0 Å². The lowest BCUT2D eigenvalue weighted by Crippen LogP contribution is -2.27. The highest BCUT2D eigenvalue weighted by molar-refractivity contribution is 5.87. The number of hydrogen-bond donors (Lipinski definition) is 2. The van der Waals surface area contributed by atoms with E-state index >= 15 is 0 Å². The first kappa shape index (κ1) is 8.17. The van der Waals surface area contributed by atoms with Gasteiger partial charge in [-0.2, -0.15) is 0 Å². The van der Waals surface area contributed by atoms with Crippen molar-refractivity contribution in [3.05, 3.63) is 12.2 Å². The van der Waals surface area contributed by atoms with Gasteiger partial charge in [-0.3, -0.25) is 4.79 Å². The Morgan fingerprint density at radius 1 is 1.78 bits per heavy atom. The van der Waals surface area contributed by atoms with Crippen LogP contribution in [0.2, 0.25) is 0 Å². The Hall–Kier alpha value is -0.830. The maximum absolute atomic E-state index is 10.5. The summed E-state index contributed by atoms with van der Waals surface area (Å²) in [5.74, 6) is -0.0806. The van der Waals surface area contributed by atoms with Crippen LogP contribution in [-0.2, 0) is 4.79 Å². The molecule has 52 valence electrons. The van der Waals surface area contributed by atoms with Gasteiger partial charge in [-0.15, -0.1) is 0 Å². The fourth-order valence-electron chi connectivity index (χ4n) is 0.406. The predicted molar refractivity (Wildman–Crippen MR) is 36.9 cm³/mol. The Morgan fingerprint density at radius 2 is 2.44 bits per heavy atom. The number of hydrogen-bond acceptors (Lipinski definition) is 2. The second-order valence-electron chi connectivity index (χ2n) is 1.58. The molecule has 0 radical (unpaired) electrons. The van der Waals surface area contributed by atoms with Gasteiger partial charge in [0.15, 0.2) is 0 Å². The standard InChI is InChI=1S/C6H12N2O/c1-2-3-6(9)8-5-4-7/h2-3H,4-5,7H2,1H3,(H,8,9).